The molecule has 0 spiro atoms. The Morgan fingerprint density at radius 2 is 1.08 bits per heavy atom. The number of rotatable bonds is 11. The molecule has 0 saturated carbocycles. The van der Waals surface area contributed by atoms with Crippen molar-refractivity contribution in [3.63, 3.8) is 0 Å². The fourth-order valence-electron chi connectivity index (χ4n) is 3.71. The van der Waals surface area contributed by atoms with Crippen LogP contribution in [0, 0.1) is 12.1 Å². The fraction of sp³-hybridized carbons (Fsp3) is 0.200. The summed E-state index contributed by atoms with van der Waals surface area (Å²) in [6, 6.07) is 28.4. The maximum absolute atomic E-state index is 12.3. The maximum Gasteiger partial charge on any atom is 0.209 e. The highest BCUT2D eigenvalue weighted by Crippen LogP contribution is 2.17. The first kappa shape index (κ1) is 24.8. The summed E-state index contributed by atoms with van der Waals surface area (Å²) in [6.07, 6.45) is 7.21. The molecular weight excluding hydrogens is 448 g/mol. The quantitative estimate of drug-likeness (QED) is 0.232. The molecule has 182 valence electrons. The lowest BCUT2D eigenvalue weighted by Crippen LogP contribution is -2.25. The van der Waals surface area contributed by atoms with Gasteiger partial charge in [0.25, 0.3) is 0 Å². The number of carbonyl (C=O) groups excluding carboxylic acids is 2. The summed E-state index contributed by atoms with van der Waals surface area (Å²) in [5.74, 6) is -0.200. The number of carbonyl (C=O) groups is 2. The summed E-state index contributed by atoms with van der Waals surface area (Å²) < 4.78 is 0. The number of benzene rings is 2. The Morgan fingerprint density at radius 1 is 0.611 bits per heavy atom. The van der Waals surface area contributed by atoms with Gasteiger partial charge in [0.2, 0.25) is 11.8 Å². The molecule has 6 heteroatoms. The molecule has 0 radical (unpaired) electrons. The highest BCUT2D eigenvalue weighted by atomic mass is 16.2. The van der Waals surface area contributed by atoms with E-state index in [4.69, 9.17) is 0 Å². The van der Waals surface area contributed by atoms with Crippen LogP contribution in [-0.4, -0.2) is 34.9 Å². The molecule has 2 aromatic heterocycles. The van der Waals surface area contributed by atoms with Crippen molar-refractivity contribution in [2.45, 2.75) is 25.7 Å². The number of nitrogens with zero attached hydrogens (tertiary/aromatic N) is 2. The molecule has 0 aliphatic heterocycles. The van der Waals surface area contributed by atoms with E-state index in [2.05, 4.69) is 32.7 Å². The van der Waals surface area contributed by atoms with Crippen LogP contribution in [0.2, 0.25) is 0 Å². The number of aromatic nitrogens is 2. The predicted molar refractivity (Wildman–Crippen MR) is 140 cm³/mol. The fourth-order valence-corrected chi connectivity index (χ4v) is 3.71. The molecule has 36 heavy (non-hydrogen) atoms. The Bertz CT molecular complexity index is 1140. The monoisotopic (exact) mass is 476 g/mol. The topological polar surface area (TPSA) is 84.0 Å². The van der Waals surface area contributed by atoms with Crippen molar-refractivity contribution in [3.05, 3.63) is 108 Å². The first-order chi connectivity index (χ1) is 17.7. The third-order valence-corrected chi connectivity index (χ3v) is 5.71. The van der Waals surface area contributed by atoms with Crippen molar-refractivity contribution < 1.29 is 9.59 Å². The minimum absolute atomic E-state index is 0.100. The van der Waals surface area contributed by atoms with Gasteiger partial charge in [0.15, 0.2) is 0 Å². The first-order valence-corrected chi connectivity index (χ1v) is 12.1. The molecule has 2 aromatic carbocycles. The van der Waals surface area contributed by atoms with E-state index in [-0.39, 0.29) is 11.8 Å². The van der Waals surface area contributed by atoms with Crippen LogP contribution in [-0.2, 0) is 0 Å². The van der Waals surface area contributed by atoms with E-state index in [0.717, 1.165) is 48.2 Å². The summed E-state index contributed by atoms with van der Waals surface area (Å²) in [6.45, 7) is 1.23. The van der Waals surface area contributed by atoms with E-state index < -0.39 is 0 Å². The Labute approximate surface area is 211 Å². The Morgan fingerprint density at radius 3 is 1.44 bits per heavy atom. The zero-order chi connectivity index (χ0) is 25.0. The third kappa shape index (κ3) is 7.09. The Balaban J connectivity index is 1.08. The molecule has 6 nitrogen and oxygen atoms in total. The second-order valence-electron chi connectivity index (χ2n) is 8.34. The maximum atomic E-state index is 12.3. The highest BCUT2D eigenvalue weighted by Gasteiger charge is 2.02. The van der Waals surface area contributed by atoms with Gasteiger partial charge in [-0.05, 0) is 47.5 Å². The number of unbranched alkanes of at least 4 members (excludes halogenated alkanes) is 3. The van der Waals surface area contributed by atoms with E-state index >= 15 is 0 Å². The van der Waals surface area contributed by atoms with Gasteiger partial charge in [-0.1, -0.05) is 37.1 Å². The van der Waals surface area contributed by atoms with Gasteiger partial charge in [0.1, 0.15) is 0 Å². The zero-order valence-corrected chi connectivity index (χ0v) is 20.0. The van der Waals surface area contributed by atoms with Crippen LogP contribution in [0.15, 0.2) is 85.2 Å². The lowest BCUT2D eigenvalue weighted by atomic mass is 10.1. The molecule has 0 saturated heterocycles. The van der Waals surface area contributed by atoms with Gasteiger partial charge in [0, 0.05) is 25.5 Å². The van der Waals surface area contributed by atoms with E-state index in [1.807, 2.05) is 48.5 Å². The van der Waals surface area contributed by atoms with Gasteiger partial charge in [-0.2, -0.15) is 0 Å². The molecular formula is C30H28N4O2-2. The standard InChI is InChI=1S/C30H28N4O2/c35-29(25-15-11-23(12-16-25)27-9-3-7-19-31-27)33-21-5-1-2-6-22-34-30(36)26-17-13-24(14-18-26)28-10-4-8-20-32-28/h3-4,7-11,13,15-20H,1-2,5-6,21-22H2,(H,33,35)(H,34,36)/q-2. The average molecular weight is 477 g/mol. The second kappa shape index (κ2) is 13.0. The largest absolute Gasteiger partial charge is 0.360 e. The molecule has 0 atom stereocenters. The van der Waals surface area contributed by atoms with Gasteiger partial charge in [-0.3, -0.25) is 9.59 Å². The average Bonchev–Trinajstić information content (AvgIpc) is 2.95. The summed E-state index contributed by atoms with van der Waals surface area (Å²) >= 11 is 0. The Kier molecular flexibility index (Phi) is 8.92. The molecule has 2 N–H and O–H groups in total. The van der Waals surface area contributed by atoms with Crippen LogP contribution in [0.1, 0.15) is 46.4 Å². The van der Waals surface area contributed by atoms with E-state index in [9.17, 15) is 9.59 Å². The number of nitrogens with one attached hydrogen (secondary N) is 2. The van der Waals surface area contributed by atoms with Gasteiger partial charge < -0.3 is 20.6 Å². The highest BCUT2D eigenvalue weighted by molar-refractivity contribution is 5.95. The molecule has 0 fully saturated rings. The molecule has 0 aliphatic rings. The summed E-state index contributed by atoms with van der Waals surface area (Å²) in [4.78, 5) is 33.3. The second-order valence-corrected chi connectivity index (χ2v) is 8.34. The lowest BCUT2D eigenvalue weighted by molar-refractivity contribution is 0.0943. The molecule has 4 rings (SSSR count). The third-order valence-electron chi connectivity index (χ3n) is 5.71. The van der Waals surface area contributed by atoms with Crippen LogP contribution in [0.5, 0.6) is 0 Å². The van der Waals surface area contributed by atoms with E-state index in [1.54, 1.807) is 36.7 Å². The van der Waals surface area contributed by atoms with E-state index in [0.29, 0.717) is 24.2 Å². The van der Waals surface area contributed by atoms with Crippen molar-refractivity contribution in [3.8, 4) is 22.5 Å². The molecule has 0 bridgehead atoms. The van der Waals surface area contributed by atoms with Crippen LogP contribution in [0.25, 0.3) is 22.5 Å². The zero-order valence-electron chi connectivity index (χ0n) is 20.0. The lowest BCUT2D eigenvalue weighted by Gasteiger charge is -2.12. The van der Waals surface area contributed by atoms with Gasteiger partial charge >= 0.3 is 0 Å². The minimum atomic E-state index is -0.100. The first-order valence-electron chi connectivity index (χ1n) is 12.1. The minimum Gasteiger partial charge on any atom is -0.360 e. The number of hydrogen-bond acceptors (Lipinski definition) is 4. The van der Waals surface area contributed by atoms with E-state index in [1.165, 1.54) is 0 Å². The Hall–Kier alpha value is -4.32. The normalized spacial score (nSPS) is 10.6. The summed E-state index contributed by atoms with van der Waals surface area (Å²) in [5.41, 5.74) is 4.55. The molecule has 0 unspecified atom stereocenters. The number of hydrogen-bond donors (Lipinski definition) is 2. The SMILES string of the molecule is O=C(NCCCCCCNC(=O)c1c[c-]c(-c2ccccn2)cc1)c1c[c-]c(-c2ccccn2)cc1. The van der Waals surface area contributed by atoms with Crippen molar-refractivity contribution in [1.82, 2.24) is 20.6 Å². The molecule has 0 aliphatic carbocycles. The van der Waals surface area contributed by atoms with Crippen molar-refractivity contribution in [2.75, 3.05) is 13.1 Å². The van der Waals surface area contributed by atoms with Gasteiger partial charge in [0.05, 0.1) is 0 Å². The van der Waals surface area contributed by atoms with Crippen molar-refractivity contribution >= 4 is 11.8 Å². The summed E-state index contributed by atoms with van der Waals surface area (Å²) in [5, 5.41) is 5.91. The summed E-state index contributed by atoms with van der Waals surface area (Å²) in [7, 11) is 0. The number of pyridine rings is 2. The van der Waals surface area contributed by atoms with Crippen LogP contribution >= 0.6 is 0 Å². The molecule has 4 aromatic rings. The van der Waals surface area contributed by atoms with Crippen molar-refractivity contribution in [1.29, 1.82) is 0 Å². The van der Waals surface area contributed by atoms with Gasteiger partial charge in [-0.15, -0.1) is 59.7 Å². The van der Waals surface area contributed by atoms with Gasteiger partial charge in [-0.25, -0.2) is 0 Å². The van der Waals surface area contributed by atoms with Crippen LogP contribution in [0.3, 0.4) is 0 Å². The van der Waals surface area contributed by atoms with Crippen molar-refractivity contribution in [2.24, 2.45) is 0 Å². The number of amides is 2. The smallest absolute Gasteiger partial charge is 0.209 e. The predicted octanol–water partition coefficient (Wildman–Crippen LogP) is 5.13. The van der Waals surface area contributed by atoms with Crippen LogP contribution < -0.4 is 10.6 Å². The molecule has 2 heterocycles. The van der Waals surface area contributed by atoms with Crippen LogP contribution in [0.4, 0.5) is 0 Å². The molecule has 2 amide bonds.